The molecular weight excluding hydrogens is 486 g/mol. The molecule has 2 bridgehead atoms. The van der Waals surface area contributed by atoms with Crippen LogP contribution in [-0.2, 0) is 23.9 Å². The van der Waals surface area contributed by atoms with Crippen LogP contribution in [0.2, 0.25) is 0 Å². The van der Waals surface area contributed by atoms with E-state index in [1.54, 1.807) is 4.90 Å². The molecule has 0 spiro atoms. The van der Waals surface area contributed by atoms with Crippen molar-refractivity contribution < 1.29 is 49.4 Å². The summed E-state index contributed by atoms with van der Waals surface area (Å²) in [5.41, 5.74) is 0.865. The number of piperidine rings is 3. The Morgan fingerprint density at radius 1 is 0.811 bits per heavy atom. The number of carbonyl (C=O) groups is 3. The first-order chi connectivity index (χ1) is 17.6. The molecule has 2 aromatic rings. The number of ether oxygens (including phenoxy) is 2. The molecular formula is C26H25NO10. The van der Waals surface area contributed by atoms with E-state index in [9.17, 15) is 39.9 Å². The van der Waals surface area contributed by atoms with Gasteiger partial charge in [-0.25, -0.2) is 9.59 Å². The van der Waals surface area contributed by atoms with Gasteiger partial charge in [-0.05, 0) is 60.5 Å². The van der Waals surface area contributed by atoms with Crippen molar-refractivity contribution in [2.75, 3.05) is 13.1 Å². The number of nitrogens with zero attached hydrogens (tertiary/aromatic N) is 1. The van der Waals surface area contributed by atoms with Gasteiger partial charge in [0.2, 0.25) is 0 Å². The SMILES string of the molecule is O=C(/C=C/c1ccc(O)c(O)c1)OC1CN2CCC1C(OC(=O)/C=C/c1ccc(O)c(O)c1)C2C(=O)O. The van der Waals surface area contributed by atoms with E-state index in [1.807, 2.05) is 0 Å². The Labute approximate surface area is 211 Å². The van der Waals surface area contributed by atoms with E-state index in [0.29, 0.717) is 24.1 Å². The maximum absolute atomic E-state index is 12.5. The monoisotopic (exact) mass is 511 g/mol. The van der Waals surface area contributed by atoms with Crippen molar-refractivity contribution in [2.24, 2.45) is 5.92 Å². The number of aliphatic carboxylic acids is 1. The average molecular weight is 511 g/mol. The second kappa shape index (κ2) is 10.6. The Bertz CT molecular complexity index is 1270. The lowest BCUT2D eigenvalue weighted by molar-refractivity contribution is -0.193. The predicted octanol–water partition coefficient (Wildman–Crippen LogP) is 1.85. The van der Waals surface area contributed by atoms with E-state index < -0.39 is 42.1 Å². The fourth-order valence-corrected chi connectivity index (χ4v) is 4.58. The van der Waals surface area contributed by atoms with Gasteiger partial charge in [-0.3, -0.25) is 9.69 Å². The van der Waals surface area contributed by atoms with Crippen LogP contribution in [0.3, 0.4) is 0 Å². The Kier molecular flexibility index (Phi) is 7.35. The van der Waals surface area contributed by atoms with E-state index in [1.165, 1.54) is 48.6 Å². The number of carbonyl (C=O) groups excluding carboxylic acids is 2. The second-order valence-corrected chi connectivity index (χ2v) is 8.77. The zero-order valence-electron chi connectivity index (χ0n) is 19.4. The number of carboxylic acid groups (broad SMARTS) is 1. The first-order valence-electron chi connectivity index (χ1n) is 11.4. The van der Waals surface area contributed by atoms with E-state index in [4.69, 9.17) is 9.47 Å². The first kappa shape index (κ1) is 25.6. The van der Waals surface area contributed by atoms with Gasteiger partial charge in [0.15, 0.2) is 23.0 Å². The van der Waals surface area contributed by atoms with Gasteiger partial charge >= 0.3 is 17.9 Å². The van der Waals surface area contributed by atoms with Gasteiger partial charge in [0.1, 0.15) is 18.2 Å². The highest BCUT2D eigenvalue weighted by molar-refractivity contribution is 5.88. The van der Waals surface area contributed by atoms with Crippen LogP contribution in [0.5, 0.6) is 23.0 Å². The number of fused-ring (bicyclic) bond motifs is 3. The molecule has 0 aromatic heterocycles. The summed E-state index contributed by atoms with van der Waals surface area (Å²) in [6.07, 6.45) is 3.64. The smallest absolute Gasteiger partial charge is 0.331 e. The Hall–Kier alpha value is -4.51. The van der Waals surface area contributed by atoms with Crippen LogP contribution < -0.4 is 0 Å². The van der Waals surface area contributed by atoms with E-state index in [0.717, 1.165) is 12.2 Å². The summed E-state index contributed by atoms with van der Waals surface area (Å²) in [5.74, 6) is -4.52. The zero-order chi connectivity index (χ0) is 26.7. The van der Waals surface area contributed by atoms with Crippen LogP contribution >= 0.6 is 0 Å². The van der Waals surface area contributed by atoms with Gasteiger partial charge in [0.05, 0.1) is 0 Å². The quantitative estimate of drug-likeness (QED) is 0.208. The van der Waals surface area contributed by atoms with Crippen molar-refractivity contribution in [3.05, 3.63) is 59.7 Å². The van der Waals surface area contributed by atoms with Crippen LogP contribution in [0.1, 0.15) is 17.5 Å². The third-order valence-electron chi connectivity index (χ3n) is 6.36. The molecule has 11 nitrogen and oxygen atoms in total. The third kappa shape index (κ3) is 5.84. The van der Waals surface area contributed by atoms with Gasteiger partial charge in [-0.1, -0.05) is 12.1 Å². The molecule has 5 N–H and O–H groups in total. The Morgan fingerprint density at radius 3 is 1.86 bits per heavy atom. The Morgan fingerprint density at radius 2 is 1.35 bits per heavy atom. The summed E-state index contributed by atoms with van der Waals surface area (Å²) >= 11 is 0. The first-order valence-corrected chi connectivity index (χ1v) is 11.4. The van der Waals surface area contributed by atoms with Crippen molar-refractivity contribution in [1.29, 1.82) is 0 Å². The maximum Gasteiger partial charge on any atom is 0.331 e. The minimum absolute atomic E-state index is 0.165. The number of hydrogen-bond acceptors (Lipinski definition) is 10. The summed E-state index contributed by atoms with van der Waals surface area (Å²) in [6, 6.07) is 6.91. The number of benzene rings is 2. The Balaban J connectivity index is 1.44. The van der Waals surface area contributed by atoms with Crippen molar-refractivity contribution in [3.63, 3.8) is 0 Å². The summed E-state index contributed by atoms with van der Waals surface area (Å²) in [4.78, 5) is 38.5. The largest absolute Gasteiger partial charge is 0.504 e. The highest BCUT2D eigenvalue weighted by Gasteiger charge is 2.53. The highest BCUT2D eigenvalue weighted by atomic mass is 16.6. The average Bonchev–Trinajstić information content (AvgIpc) is 2.85. The van der Waals surface area contributed by atoms with Crippen LogP contribution in [0.15, 0.2) is 48.6 Å². The number of carboxylic acids is 1. The summed E-state index contributed by atoms with van der Waals surface area (Å²) < 4.78 is 11.1. The van der Waals surface area contributed by atoms with Crippen LogP contribution in [-0.4, -0.2) is 79.7 Å². The number of rotatable bonds is 7. The molecule has 0 saturated carbocycles. The molecule has 2 aromatic carbocycles. The summed E-state index contributed by atoms with van der Waals surface area (Å²) in [6.45, 7) is 0.604. The number of phenols is 4. The molecule has 3 aliphatic rings. The third-order valence-corrected chi connectivity index (χ3v) is 6.36. The van der Waals surface area contributed by atoms with Crippen molar-refractivity contribution >= 4 is 30.1 Å². The molecule has 11 heteroatoms. The van der Waals surface area contributed by atoms with Gasteiger partial charge in [-0.2, -0.15) is 0 Å². The molecule has 5 atom stereocenters. The molecule has 37 heavy (non-hydrogen) atoms. The molecule has 3 aliphatic heterocycles. The molecule has 0 radical (unpaired) electrons. The lowest BCUT2D eigenvalue weighted by Crippen LogP contribution is -2.67. The van der Waals surface area contributed by atoms with Gasteiger partial charge in [-0.15, -0.1) is 0 Å². The van der Waals surface area contributed by atoms with E-state index in [-0.39, 0.29) is 29.5 Å². The topological polar surface area (TPSA) is 174 Å². The summed E-state index contributed by atoms with van der Waals surface area (Å²) in [5, 5.41) is 47.7. The zero-order valence-corrected chi connectivity index (χ0v) is 19.4. The molecule has 3 heterocycles. The lowest BCUT2D eigenvalue weighted by Gasteiger charge is -2.51. The van der Waals surface area contributed by atoms with Crippen molar-refractivity contribution in [2.45, 2.75) is 24.7 Å². The number of aromatic hydroxyl groups is 4. The maximum atomic E-state index is 12.5. The van der Waals surface area contributed by atoms with Gasteiger partial charge in [0, 0.05) is 24.6 Å². The van der Waals surface area contributed by atoms with Crippen molar-refractivity contribution in [3.8, 4) is 23.0 Å². The predicted molar refractivity (Wildman–Crippen MR) is 128 cm³/mol. The van der Waals surface area contributed by atoms with Crippen LogP contribution in [0, 0.1) is 5.92 Å². The minimum atomic E-state index is -1.16. The van der Waals surface area contributed by atoms with E-state index in [2.05, 4.69) is 0 Å². The molecule has 5 unspecified atom stereocenters. The molecule has 5 rings (SSSR count). The van der Waals surface area contributed by atoms with Crippen LogP contribution in [0.4, 0.5) is 0 Å². The summed E-state index contributed by atoms with van der Waals surface area (Å²) in [7, 11) is 0. The minimum Gasteiger partial charge on any atom is -0.504 e. The standard InChI is InChI=1S/C26H25NO10/c28-17-5-1-14(11-19(17)30)3-7-22(32)36-21-13-27-10-9-16(21)25(24(27)26(34)35)37-23(33)8-4-15-2-6-18(29)20(31)12-15/h1-8,11-12,16,21,24-25,28-31H,9-10,13H2,(H,34,35)/b7-3+,8-4+. The molecule has 194 valence electrons. The molecule has 0 amide bonds. The van der Waals surface area contributed by atoms with Gasteiger partial charge in [0.25, 0.3) is 0 Å². The number of hydrogen-bond donors (Lipinski definition) is 5. The van der Waals surface area contributed by atoms with Crippen molar-refractivity contribution in [1.82, 2.24) is 4.90 Å². The second-order valence-electron chi connectivity index (χ2n) is 8.77. The number of esters is 2. The number of phenolic OH excluding ortho intramolecular Hbond substituents is 4. The lowest BCUT2D eigenvalue weighted by atomic mass is 9.78. The normalized spacial score (nSPS) is 24.8. The molecule has 3 saturated heterocycles. The van der Waals surface area contributed by atoms with Gasteiger partial charge < -0.3 is 35.0 Å². The fraction of sp³-hybridized carbons (Fsp3) is 0.269. The van der Waals surface area contributed by atoms with E-state index >= 15 is 0 Å². The molecule has 3 fully saturated rings. The highest BCUT2D eigenvalue weighted by Crippen LogP contribution is 2.37. The molecule has 0 aliphatic carbocycles. The van der Waals surface area contributed by atoms with Crippen LogP contribution in [0.25, 0.3) is 12.2 Å². The fourth-order valence-electron chi connectivity index (χ4n) is 4.58.